The normalized spacial score (nSPS) is 16.8. The summed E-state index contributed by atoms with van der Waals surface area (Å²) in [5.41, 5.74) is 2.28. The monoisotopic (exact) mass is 289 g/mol. The summed E-state index contributed by atoms with van der Waals surface area (Å²) in [4.78, 5) is 23.6. The fourth-order valence-electron chi connectivity index (χ4n) is 2.46. The number of rotatable bonds is 5. The zero-order valence-electron chi connectivity index (χ0n) is 12.6. The third-order valence-electron chi connectivity index (χ3n) is 3.49. The van der Waals surface area contributed by atoms with E-state index in [1.807, 2.05) is 38.1 Å². The van der Waals surface area contributed by atoms with Crippen molar-refractivity contribution in [2.24, 2.45) is 5.92 Å². The van der Waals surface area contributed by atoms with E-state index in [1.165, 1.54) is 5.56 Å². The highest BCUT2D eigenvalue weighted by atomic mass is 16.2. The van der Waals surface area contributed by atoms with Gasteiger partial charge in [-0.2, -0.15) is 0 Å². The van der Waals surface area contributed by atoms with E-state index in [9.17, 15) is 9.59 Å². The van der Waals surface area contributed by atoms with Gasteiger partial charge >= 0.3 is 0 Å². The van der Waals surface area contributed by atoms with Crippen molar-refractivity contribution in [3.63, 3.8) is 0 Å². The minimum absolute atomic E-state index is 0.00866. The second-order valence-corrected chi connectivity index (χ2v) is 5.70. The van der Waals surface area contributed by atoms with Crippen LogP contribution < -0.4 is 16.0 Å². The lowest BCUT2D eigenvalue weighted by molar-refractivity contribution is -0.125. The molecule has 1 aliphatic heterocycles. The highest BCUT2D eigenvalue weighted by molar-refractivity contribution is 5.82. The molecule has 0 radical (unpaired) electrons. The highest BCUT2D eigenvalue weighted by Gasteiger charge is 2.23. The SMILES string of the molecule is CC(C)NC(=O)CCNC(=O)C1CNc2ccccc2C1. The van der Waals surface area contributed by atoms with Crippen LogP contribution in [0.1, 0.15) is 25.8 Å². The molecule has 1 aromatic rings. The van der Waals surface area contributed by atoms with Crippen LogP contribution >= 0.6 is 0 Å². The summed E-state index contributed by atoms with van der Waals surface area (Å²) in [5.74, 6) is -0.0974. The van der Waals surface area contributed by atoms with Crippen LogP contribution in [-0.2, 0) is 16.0 Å². The van der Waals surface area contributed by atoms with Crippen LogP contribution in [-0.4, -0.2) is 30.9 Å². The van der Waals surface area contributed by atoms with Gasteiger partial charge in [0.05, 0.1) is 5.92 Å². The molecule has 2 rings (SSSR count). The average Bonchev–Trinajstić information content (AvgIpc) is 2.45. The number of nitrogens with one attached hydrogen (secondary N) is 3. The molecule has 0 fully saturated rings. The molecular formula is C16H23N3O2. The molecule has 2 amide bonds. The van der Waals surface area contributed by atoms with Gasteiger partial charge < -0.3 is 16.0 Å². The second kappa shape index (κ2) is 7.11. The van der Waals surface area contributed by atoms with Crippen LogP contribution in [0.15, 0.2) is 24.3 Å². The third-order valence-corrected chi connectivity index (χ3v) is 3.49. The molecule has 5 nitrogen and oxygen atoms in total. The number of hydrogen-bond donors (Lipinski definition) is 3. The van der Waals surface area contributed by atoms with Crippen molar-refractivity contribution >= 4 is 17.5 Å². The molecular weight excluding hydrogens is 266 g/mol. The molecule has 0 saturated carbocycles. The molecule has 1 unspecified atom stereocenters. The molecule has 0 aliphatic carbocycles. The van der Waals surface area contributed by atoms with E-state index in [-0.39, 0.29) is 23.8 Å². The summed E-state index contributed by atoms with van der Waals surface area (Å²) in [6.07, 6.45) is 1.06. The molecule has 0 bridgehead atoms. The maximum absolute atomic E-state index is 12.1. The first-order valence-corrected chi connectivity index (χ1v) is 7.45. The van der Waals surface area contributed by atoms with Crippen molar-refractivity contribution in [1.29, 1.82) is 0 Å². The minimum Gasteiger partial charge on any atom is -0.384 e. The predicted octanol–water partition coefficient (Wildman–Crippen LogP) is 1.30. The van der Waals surface area contributed by atoms with Crippen molar-refractivity contribution in [2.45, 2.75) is 32.7 Å². The maximum Gasteiger partial charge on any atom is 0.225 e. The van der Waals surface area contributed by atoms with Crippen molar-refractivity contribution in [3.05, 3.63) is 29.8 Å². The number of carbonyl (C=O) groups excluding carboxylic acids is 2. The fourth-order valence-corrected chi connectivity index (χ4v) is 2.46. The first kappa shape index (κ1) is 15.4. The summed E-state index contributed by atoms with van der Waals surface area (Å²) in [6, 6.07) is 8.17. The Kier molecular flexibility index (Phi) is 5.20. The van der Waals surface area contributed by atoms with Gasteiger partial charge in [-0.25, -0.2) is 0 Å². The van der Waals surface area contributed by atoms with Crippen LogP contribution in [0.5, 0.6) is 0 Å². The van der Waals surface area contributed by atoms with Gasteiger partial charge in [0.25, 0.3) is 0 Å². The summed E-state index contributed by atoms with van der Waals surface area (Å²) < 4.78 is 0. The Morgan fingerprint density at radius 2 is 2.10 bits per heavy atom. The van der Waals surface area contributed by atoms with E-state index in [0.717, 1.165) is 12.1 Å². The van der Waals surface area contributed by atoms with E-state index in [1.54, 1.807) is 0 Å². The summed E-state index contributed by atoms with van der Waals surface area (Å²) >= 11 is 0. The van der Waals surface area contributed by atoms with Gasteiger partial charge in [0.2, 0.25) is 11.8 Å². The van der Waals surface area contributed by atoms with Crippen molar-refractivity contribution in [1.82, 2.24) is 10.6 Å². The molecule has 1 aromatic carbocycles. The van der Waals surface area contributed by atoms with Gasteiger partial charge in [0.15, 0.2) is 0 Å². The van der Waals surface area contributed by atoms with E-state index in [0.29, 0.717) is 19.5 Å². The Balaban J connectivity index is 1.76. The van der Waals surface area contributed by atoms with Gasteiger partial charge in [-0.3, -0.25) is 9.59 Å². The molecule has 1 aliphatic rings. The number of amides is 2. The average molecular weight is 289 g/mol. The van der Waals surface area contributed by atoms with Crippen LogP contribution in [0.25, 0.3) is 0 Å². The van der Waals surface area contributed by atoms with Crippen molar-refractivity contribution in [3.8, 4) is 0 Å². The van der Waals surface area contributed by atoms with Crippen molar-refractivity contribution < 1.29 is 9.59 Å². The molecule has 3 N–H and O–H groups in total. The summed E-state index contributed by atoms with van der Waals surface area (Å²) in [6.45, 7) is 4.86. The van der Waals surface area contributed by atoms with Crippen molar-refractivity contribution in [2.75, 3.05) is 18.4 Å². The molecule has 21 heavy (non-hydrogen) atoms. The predicted molar refractivity (Wildman–Crippen MR) is 83.0 cm³/mol. The molecule has 114 valence electrons. The smallest absolute Gasteiger partial charge is 0.225 e. The van der Waals surface area contributed by atoms with E-state index in [4.69, 9.17) is 0 Å². The van der Waals surface area contributed by atoms with E-state index < -0.39 is 0 Å². The number of fused-ring (bicyclic) bond motifs is 1. The number of benzene rings is 1. The zero-order valence-corrected chi connectivity index (χ0v) is 12.6. The number of carbonyl (C=O) groups is 2. The molecule has 1 heterocycles. The maximum atomic E-state index is 12.1. The number of anilines is 1. The Morgan fingerprint density at radius 3 is 2.86 bits per heavy atom. The zero-order chi connectivity index (χ0) is 15.2. The topological polar surface area (TPSA) is 70.2 Å². The number of para-hydroxylation sites is 1. The Labute approximate surface area is 125 Å². The van der Waals surface area contributed by atoms with Gasteiger partial charge in [-0.1, -0.05) is 18.2 Å². The highest BCUT2D eigenvalue weighted by Crippen LogP contribution is 2.24. The Morgan fingerprint density at radius 1 is 1.33 bits per heavy atom. The van der Waals surface area contributed by atoms with Gasteiger partial charge in [0, 0.05) is 31.2 Å². The molecule has 5 heteroatoms. The van der Waals surface area contributed by atoms with Gasteiger partial charge in [0.1, 0.15) is 0 Å². The standard InChI is InChI=1S/C16H23N3O2/c1-11(2)19-15(20)7-8-17-16(21)13-9-12-5-3-4-6-14(12)18-10-13/h3-6,11,13,18H,7-10H2,1-2H3,(H,17,21)(H,19,20). The fraction of sp³-hybridized carbons (Fsp3) is 0.500. The summed E-state index contributed by atoms with van der Waals surface area (Å²) in [5, 5.41) is 8.93. The molecule has 0 spiro atoms. The summed E-state index contributed by atoms with van der Waals surface area (Å²) in [7, 11) is 0. The van der Waals surface area contributed by atoms with Crippen LogP contribution in [0, 0.1) is 5.92 Å². The third kappa shape index (κ3) is 4.48. The Bertz CT molecular complexity index is 514. The number of hydrogen-bond acceptors (Lipinski definition) is 3. The van der Waals surface area contributed by atoms with Crippen LogP contribution in [0.2, 0.25) is 0 Å². The van der Waals surface area contributed by atoms with E-state index in [2.05, 4.69) is 16.0 Å². The Hall–Kier alpha value is -2.04. The molecule has 0 saturated heterocycles. The lowest BCUT2D eigenvalue weighted by atomic mass is 9.93. The van der Waals surface area contributed by atoms with Crippen LogP contribution in [0.4, 0.5) is 5.69 Å². The quantitative estimate of drug-likeness (QED) is 0.765. The molecule has 0 aromatic heterocycles. The first-order chi connectivity index (χ1) is 10.1. The lowest BCUT2D eigenvalue weighted by Crippen LogP contribution is -2.40. The second-order valence-electron chi connectivity index (χ2n) is 5.70. The van der Waals surface area contributed by atoms with Gasteiger partial charge in [-0.15, -0.1) is 0 Å². The first-order valence-electron chi connectivity index (χ1n) is 7.45. The minimum atomic E-state index is -0.0759. The van der Waals surface area contributed by atoms with E-state index >= 15 is 0 Å². The van der Waals surface area contributed by atoms with Gasteiger partial charge in [-0.05, 0) is 31.9 Å². The lowest BCUT2D eigenvalue weighted by Gasteiger charge is -2.25. The molecule has 1 atom stereocenters. The van der Waals surface area contributed by atoms with Crippen LogP contribution in [0.3, 0.4) is 0 Å². The largest absolute Gasteiger partial charge is 0.384 e.